The van der Waals surface area contributed by atoms with Crippen molar-refractivity contribution >= 4 is 0 Å². The van der Waals surface area contributed by atoms with Gasteiger partial charge in [0.2, 0.25) is 0 Å². The zero-order valence-electron chi connectivity index (χ0n) is 16.1. The minimum Gasteiger partial charge on any atom is -0.508 e. The molecular weight excluding hydrogens is 360 g/mol. The second-order valence-corrected chi connectivity index (χ2v) is 8.79. The number of hydrogen-bond donors (Lipinski definition) is 2. The Morgan fingerprint density at radius 1 is 1.04 bits per heavy atom. The van der Waals surface area contributed by atoms with Gasteiger partial charge < -0.3 is 15.1 Å². The quantitative estimate of drug-likeness (QED) is 0.812. The first kappa shape index (κ1) is 19.3. The Morgan fingerprint density at radius 3 is 2.29 bits per heavy atom. The largest absolute Gasteiger partial charge is 0.508 e. The van der Waals surface area contributed by atoms with Gasteiger partial charge in [-0.25, -0.2) is 8.78 Å². The van der Waals surface area contributed by atoms with Crippen molar-refractivity contribution in [3.63, 3.8) is 0 Å². The second-order valence-electron chi connectivity index (χ2n) is 8.79. The second kappa shape index (κ2) is 7.45. The molecule has 1 unspecified atom stereocenters. The van der Waals surface area contributed by atoms with Gasteiger partial charge in [0.25, 0.3) is 0 Å². The van der Waals surface area contributed by atoms with Crippen LogP contribution in [-0.4, -0.2) is 40.3 Å². The van der Waals surface area contributed by atoms with Gasteiger partial charge in [0.15, 0.2) is 11.6 Å². The van der Waals surface area contributed by atoms with Gasteiger partial charge in [0, 0.05) is 26.1 Å². The molecule has 4 rings (SSSR count). The Bertz CT molecular complexity index is 825. The molecule has 150 valence electrons. The van der Waals surface area contributed by atoms with E-state index in [1.165, 1.54) is 11.6 Å². The van der Waals surface area contributed by atoms with Gasteiger partial charge in [-0.2, -0.15) is 0 Å². The molecule has 0 spiro atoms. The van der Waals surface area contributed by atoms with E-state index in [0.717, 1.165) is 25.7 Å². The lowest BCUT2D eigenvalue weighted by Gasteiger charge is -2.27. The monoisotopic (exact) mass is 387 g/mol. The molecule has 2 aromatic rings. The average Bonchev–Trinajstić information content (AvgIpc) is 3.12. The van der Waals surface area contributed by atoms with Crippen molar-refractivity contribution in [2.24, 2.45) is 11.8 Å². The van der Waals surface area contributed by atoms with Crippen LogP contribution in [0.1, 0.15) is 36.8 Å². The highest BCUT2D eigenvalue weighted by Gasteiger charge is 2.48. The lowest BCUT2D eigenvalue weighted by atomic mass is 9.91. The van der Waals surface area contributed by atoms with Crippen LogP contribution in [-0.2, 0) is 6.42 Å². The molecule has 0 aromatic heterocycles. The summed E-state index contributed by atoms with van der Waals surface area (Å²) < 4.78 is 26.6. The summed E-state index contributed by atoms with van der Waals surface area (Å²) in [7, 11) is 0. The highest BCUT2D eigenvalue weighted by atomic mass is 19.2. The minimum absolute atomic E-state index is 0.284. The zero-order chi connectivity index (χ0) is 19.9. The van der Waals surface area contributed by atoms with Crippen LogP contribution >= 0.6 is 0 Å². The maximum atomic E-state index is 13.5. The summed E-state index contributed by atoms with van der Waals surface area (Å²) in [5.41, 5.74) is 1.04. The molecule has 2 fully saturated rings. The van der Waals surface area contributed by atoms with Gasteiger partial charge in [0.05, 0.1) is 5.60 Å². The number of nitrogens with zero attached hydrogens (tertiary/aromatic N) is 1. The lowest BCUT2D eigenvalue weighted by molar-refractivity contribution is 0.0352. The highest BCUT2D eigenvalue weighted by Crippen LogP contribution is 2.45. The van der Waals surface area contributed by atoms with Gasteiger partial charge >= 0.3 is 0 Å². The molecule has 1 saturated heterocycles. The summed E-state index contributed by atoms with van der Waals surface area (Å²) in [4.78, 5) is 2.46. The van der Waals surface area contributed by atoms with E-state index in [9.17, 15) is 19.0 Å². The molecule has 1 heterocycles. The first-order chi connectivity index (χ1) is 13.3. The van der Waals surface area contributed by atoms with Crippen molar-refractivity contribution in [2.75, 3.05) is 19.6 Å². The smallest absolute Gasteiger partial charge is 0.159 e. The number of likely N-dealkylation sites (tertiary alicyclic amines) is 1. The molecule has 0 bridgehead atoms. The standard InChI is InChI=1S/C23H27F2NO2/c1-15(17-3-5-20(27)6-4-17)12-26-13-18-10-23(28,11-19(18)14-26)9-16-2-7-21(24)22(25)8-16/h2-8,15,18-19,27-28H,9-14H2,1H3/t15?,18-,19+,23-. The number of aromatic hydroxyl groups is 1. The molecule has 1 saturated carbocycles. The number of benzene rings is 2. The Labute approximate surface area is 164 Å². The SMILES string of the molecule is CC(CN1C[C@@H]2C[C@@](O)(Cc3ccc(F)c(F)c3)C[C@@H]2C1)c1ccc(O)cc1. The summed E-state index contributed by atoms with van der Waals surface area (Å²) in [6.07, 6.45) is 1.79. The van der Waals surface area contributed by atoms with Crippen molar-refractivity contribution in [3.05, 3.63) is 65.2 Å². The summed E-state index contributed by atoms with van der Waals surface area (Å²) in [5, 5.41) is 20.5. The number of aliphatic hydroxyl groups is 1. The lowest BCUT2D eigenvalue weighted by Crippen LogP contribution is -2.33. The van der Waals surface area contributed by atoms with E-state index in [2.05, 4.69) is 11.8 Å². The fourth-order valence-corrected chi connectivity index (χ4v) is 5.18. The molecule has 4 atom stereocenters. The number of halogens is 2. The van der Waals surface area contributed by atoms with E-state index in [4.69, 9.17) is 0 Å². The third-order valence-electron chi connectivity index (χ3n) is 6.45. The van der Waals surface area contributed by atoms with E-state index in [1.807, 2.05) is 12.1 Å². The molecule has 0 radical (unpaired) electrons. The number of hydrogen-bond acceptors (Lipinski definition) is 3. The maximum absolute atomic E-state index is 13.5. The first-order valence-corrected chi connectivity index (χ1v) is 9.99. The normalized spacial score (nSPS) is 28.4. The Balaban J connectivity index is 1.33. The summed E-state index contributed by atoms with van der Waals surface area (Å²) in [5.74, 6) is -0.150. The number of fused-ring (bicyclic) bond motifs is 1. The van der Waals surface area contributed by atoms with Gasteiger partial charge in [-0.05, 0) is 66.0 Å². The van der Waals surface area contributed by atoms with Crippen molar-refractivity contribution in [2.45, 2.75) is 37.7 Å². The van der Waals surface area contributed by atoms with Gasteiger partial charge in [-0.15, -0.1) is 0 Å². The van der Waals surface area contributed by atoms with Crippen LogP contribution in [0.5, 0.6) is 5.75 Å². The summed E-state index contributed by atoms with van der Waals surface area (Å²) in [6, 6.07) is 11.3. The third-order valence-corrected chi connectivity index (χ3v) is 6.45. The zero-order valence-corrected chi connectivity index (χ0v) is 16.1. The van der Waals surface area contributed by atoms with E-state index >= 15 is 0 Å². The van der Waals surface area contributed by atoms with Crippen LogP contribution in [0.15, 0.2) is 42.5 Å². The Kier molecular flexibility index (Phi) is 5.15. The van der Waals surface area contributed by atoms with Crippen LogP contribution < -0.4 is 0 Å². The van der Waals surface area contributed by atoms with Crippen molar-refractivity contribution in [1.29, 1.82) is 0 Å². The third kappa shape index (κ3) is 4.06. The molecule has 28 heavy (non-hydrogen) atoms. The minimum atomic E-state index is -0.853. The molecule has 0 amide bonds. The van der Waals surface area contributed by atoms with Crippen molar-refractivity contribution < 1.29 is 19.0 Å². The predicted octanol–water partition coefficient (Wildman–Crippen LogP) is 4.09. The van der Waals surface area contributed by atoms with Gasteiger partial charge in [-0.3, -0.25) is 0 Å². The summed E-state index contributed by atoms with van der Waals surface area (Å²) in [6.45, 7) is 5.08. The molecule has 3 nitrogen and oxygen atoms in total. The number of rotatable bonds is 5. The van der Waals surface area contributed by atoms with Crippen LogP contribution in [0.2, 0.25) is 0 Å². The highest BCUT2D eigenvalue weighted by molar-refractivity contribution is 5.28. The fraction of sp³-hybridized carbons (Fsp3) is 0.478. The van der Waals surface area contributed by atoms with Crippen LogP contribution in [0, 0.1) is 23.5 Å². The molecule has 2 aromatic carbocycles. The molecular formula is C23H27F2NO2. The van der Waals surface area contributed by atoms with E-state index in [1.54, 1.807) is 18.2 Å². The molecule has 1 aliphatic heterocycles. The Morgan fingerprint density at radius 2 is 1.68 bits per heavy atom. The Hall–Kier alpha value is -1.98. The fourth-order valence-electron chi connectivity index (χ4n) is 5.18. The van der Waals surface area contributed by atoms with E-state index < -0.39 is 17.2 Å². The van der Waals surface area contributed by atoms with Gasteiger partial charge in [-0.1, -0.05) is 25.1 Å². The van der Waals surface area contributed by atoms with Gasteiger partial charge in [0.1, 0.15) is 5.75 Å². The molecule has 5 heteroatoms. The average molecular weight is 387 g/mol. The van der Waals surface area contributed by atoms with E-state index in [0.29, 0.717) is 42.6 Å². The number of phenols is 1. The van der Waals surface area contributed by atoms with Crippen LogP contribution in [0.25, 0.3) is 0 Å². The topological polar surface area (TPSA) is 43.7 Å². The van der Waals surface area contributed by atoms with Crippen LogP contribution in [0.4, 0.5) is 8.78 Å². The molecule has 2 aliphatic rings. The summed E-state index contributed by atoms with van der Waals surface area (Å²) >= 11 is 0. The first-order valence-electron chi connectivity index (χ1n) is 9.99. The van der Waals surface area contributed by atoms with Crippen molar-refractivity contribution in [1.82, 2.24) is 4.90 Å². The molecule has 2 N–H and O–H groups in total. The van der Waals surface area contributed by atoms with Crippen LogP contribution in [0.3, 0.4) is 0 Å². The molecule has 1 aliphatic carbocycles. The number of phenolic OH excluding ortho intramolecular Hbond substituents is 1. The van der Waals surface area contributed by atoms with Crippen molar-refractivity contribution in [3.8, 4) is 5.75 Å². The van der Waals surface area contributed by atoms with E-state index in [-0.39, 0.29) is 5.75 Å². The predicted molar refractivity (Wildman–Crippen MR) is 104 cm³/mol. The maximum Gasteiger partial charge on any atom is 0.159 e.